The Kier molecular flexibility index (Phi) is 6.91. The van der Waals surface area contributed by atoms with Gasteiger partial charge >= 0.3 is 11.8 Å². The number of amides is 3. The van der Waals surface area contributed by atoms with Gasteiger partial charge in [-0.15, -0.1) is 0 Å². The molecule has 2 aromatic rings. The van der Waals surface area contributed by atoms with Crippen molar-refractivity contribution < 1.29 is 23.9 Å². The molecule has 0 radical (unpaired) electrons. The first-order chi connectivity index (χ1) is 18.5. The first-order valence-corrected chi connectivity index (χ1v) is 13.2. The van der Waals surface area contributed by atoms with Gasteiger partial charge in [0.1, 0.15) is 11.6 Å². The maximum atomic E-state index is 13.6. The van der Waals surface area contributed by atoms with E-state index in [4.69, 9.17) is 0 Å². The lowest BCUT2D eigenvalue weighted by atomic mass is 9.72. The summed E-state index contributed by atoms with van der Waals surface area (Å²) in [7, 11) is 2.95. The Morgan fingerprint density at radius 2 is 1.72 bits per heavy atom. The fourth-order valence-corrected chi connectivity index (χ4v) is 6.16. The molecule has 3 amide bonds. The van der Waals surface area contributed by atoms with Gasteiger partial charge in [-0.2, -0.15) is 0 Å². The number of nitrogens with zero attached hydrogens (tertiary/aromatic N) is 4. The predicted molar refractivity (Wildman–Crippen MR) is 138 cm³/mol. The van der Waals surface area contributed by atoms with Gasteiger partial charge in [-0.3, -0.25) is 28.6 Å². The van der Waals surface area contributed by atoms with E-state index >= 15 is 0 Å². The largest absolute Gasteiger partial charge is 0.501 e. The van der Waals surface area contributed by atoms with E-state index in [1.807, 2.05) is 0 Å². The molecule has 0 spiro atoms. The molecule has 208 valence electrons. The highest BCUT2D eigenvalue weighted by Gasteiger charge is 2.54. The van der Waals surface area contributed by atoms with E-state index in [9.17, 15) is 28.7 Å². The van der Waals surface area contributed by atoms with Crippen LogP contribution in [0.1, 0.15) is 60.4 Å². The topological polar surface area (TPSA) is 137 Å². The predicted octanol–water partition coefficient (Wildman–Crippen LogP) is 0.840. The number of likely N-dealkylation sites (N-methyl/N-ethyl adjacent to an activating group) is 1. The fourth-order valence-electron chi connectivity index (χ4n) is 6.16. The van der Waals surface area contributed by atoms with Crippen molar-refractivity contribution in [1.29, 1.82) is 0 Å². The minimum atomic E-state index is -1.17. The molecule has 4 aliphatic rings. The minimum Gasteiger partial charge on any atom is -0.501 e. The zero-order valence-corrected chi connectivity index (χ0v) is 22.1. The lowest BCUT2D eigenvalue weighted by Gasteiger charge is -2.47. The van der Waals surface area contributed by atoms with Gasteiger partial charge in [0.05, 0.1) is 5.54 Å². The van der Waals surface area contributed by atoms with Crippen molar-refractivity contribution in [3.8, 4) is 5.75 Å². The molecule has 12 heteroatoms. The highest BCUT2D eigenvalue weighted by molar-refractivity contribution is 6.35. The molecule has 3 aliphatic heterocycles. The van der Waals surface area contributed by atoms with Crippen LogP contribution >= 0.6 is 0 Å². The molecular formula is C27H33FN6O5. The number of hydrogen-bond acceptors (Lipinski definition) is 7. The van der Waals surface area contributed by atoms with Crippen LogP contribution in [0.15, 0.2) is 29.1 Å². The van der Waals surface area contributed by atoms with E-state index in [2.05, 4.69) is 20.5 Å². The van der Waals surface area contributed by atoms with Crippen LogP contribution in [0.4, 0.5) is 4.39 Å². The van der Waals surface area contributed by atoms with Gasteiger partial charge in [0, 0.05) is 32.7 Å². The molecule has 6 rings (SSSR count). The summed E-state index contributed by atoms with van der Waals surface area (Å²) in [6.45, 7) is 2.08. The van der Waals surface area contributed by atoms with E-state index < -0.39 is 46.1 Å². The number of likely N-dealkylation sites (tertiary alicyclic amines) is 1. The second kappa shape index (κ2) is 10.1. The normalized spacial score (nSPS) is 24.1. The number of halogens is 1. The van der Waals surface area contributed by atoms with Crippen molar-refractivity contribution in [3.63, 3.8) is 0 Å². The Bertz CT molecular complexity index is 1360. The third kappa shape index (κ3) is 4.77. The molecule has 1 saturated heterocycles. The highest BCUT2D eigenvalue weighted by atomic mass is 19.1. The van der Waals surface area contributed by atoms with E-state index in [-0.39, 0.29) is 24.5 Å². The van der Waals surface area contributed by atoms with Gasteiger partial charge in [-0.1, -0.05) is 12.1 Å². The highest BCUT2D eigenvalue weighted by Crippen LogP contribution is 2.48. The summed E-state index contributed by atoms with van der Waals surface area (Å²) in [5, 5.41) is 16.3. The average molecular weight is 541 g/mol. The zero-order chi connectivity index (χ0) is 27.9. The van der Waals surface area contributed by atoms with E-state index in [0.29, 0.717) is 31.2 Å². The summed E-state index contributed by atoms with van der Waals surface area (Å²) in [5.74, 6) is -3.38. The Balaban J connectivity index is 1.55. The van der Waals surface area contributed by atoms with Gasteiger partial charge in [-0.25, -0.2) is 9.37 Å². The number of carbonyl (C=O) groups is 3. The standard InChI is InChI=1S/C27H33FN6O5/c1-32(2)24(39)22(37)31-27-11-9-26(10-12-27,33-13-3-4-14-33)16-34-23(38)20(35)19(30-25(27)34)21(36)29-15-17-5-7-18(28)8-6-17/h5-8,35H,3-4,9-16H2,1-2H3,(H,29,36)(H,31,37). The van der Waals surface area contributed by atoms with Crippen LogP contribution in [0.25, 0.3) is 0 Å². The molecule has 0 unspecified atom stereocenters. The molecule has 3 N–H and O–H groups in total. The molecule has 39 heavy (non-hydrogen) atoms. The van der Waals surface area contributed by atoms with Crippen molar-refractivity contribution in [3.05, 3.63) is 57.5 Å². The van der Waals surface area contributed by atoms with Crippen molar-refractivity contribution >= 4 is 17.7 Å². The molecule has 11 nitrogen and oxygen atoms in total. The maximum Gasteiger partial charge on any atom is 0.311 e. The Hall–Kier alpha value is -3.80. The van der Waals surface area contributed by atoms with Crippen LogP contribution in [0, 0.1) is 5.82 Å². The Morgan fingerprint density at radius 1 is 1.08 bits per heavy atom. The van der Waals surface area contributed by atoms with Crippen LogP contribution in [-0.4, -0.2) is 74.9 Å². The van der Waals surface area contributed by atoms with Crippen molar-refractivity contribution in [2.45, 2.75) is 62.7 Å². The molecule has 2 fully saturated rings. The molecule has 1 aromatic carbocycles. The number of fused-ring (bicyclic) bond motifs is 2. The first kappa shape index (κ1) is 26.8. The van der Waals surface area contributed by atoms with Gasteiger partial charge in [-0.05, 0) is 69.3 Å². The summed E-state index contributed by atoms with van der Waals surface area (Å²) in [6.07, 6.45) is 4.25. The molecule has 1 aromatic heterocycles. The quantitative estimate of drug-likeness (QED) is 0.478. The van der Waals surface area contributed by atoms with Gasteiger partial charge < -0.3 is 20.6 Å². The minimum absolute atomic E-state index is 0.0237. The van der Waals surface area contributed by atoms with E-state index in [1.54, 1.807) is 0 Å². The second-order valence-corrected chi connectivity index (χ2v) is 11.0. The summed E-state index contributed by atoms with van der Waals surface area (Å²) in [6, 6.07) is 5.55. The number of aromatic nitrogens is 2. The molecule has 0 atom stereocenters. The molecule has 2 bridgehead atoms. The molecule has 1 aliphatic carbocycles. The lowest BCUT2D eigenvalue weighted by Crippen LogP contribution is -2.57. The van der Waals surface area contributed by atoms with Crippen LogP contribution in [0.2, 0.25) is 0 Å². The first-order valence-electron chi connectivity index (χ1n) is 13.2. The van der Waals surface area contributed by atoms with Crippen LogP contribution < -0.4 is 16.2 Å². The van der Waals surface area contributed by atoms with Crippen LogP contribution in [-0.2, 0) is 28.2 Å². The molecular weight excluding hydrogens is 507 g/mol. The number of aromatic hydroxyl groups is 1. The third-order valence-corrected chi connectivity index (χ3v) is 8.37. The van der Waals surface area contributed by atoms with E-state index in [0.717, 1.165) is 25.9 Å². The average Bonchev–Trinajstić information content (AvgIpc) is 3.39. The van der Waals surface area contributed by atoms with Crippen molar-refractivity contribution in [2.24, 2.45) is 0 Å². The second-order valence-electron chi connectivity index (χ2n) is 11.0. The summed E-state index contributed by atoms with van der Waals surface area (Å²) < 4.78 is 14.6. The number of benzene rings is 1. The Labute approximate surface area is 225 Å². The Morgan fingerprint density at radius 3 is 2.33 bits per heavy atom. The van der Waals surface area contributed by atoms with Gasteiger partial charge in [0.15, 0.2) is 5.69 Å². The fraction of sp³-hybridized carbons (Fsp3) is 0.519. The zero-order valence-electron chi connectivity index (χ0n) is 22.1. The molecule has 1 saturated carbocycles. The maximum absolute atomic E-state index is 13.6. The third-order valence-electron chi connectivity index (χ3n) is 8.37. The number of rotatable bonds is 5. The summed E-state index contributed by atoms with van der Waals surface area (Å²) in [4.78, 5) is 60.2. The van der Waals surface area contributed by atoms with Gasteiger partial charge in [0.25, 0.3) is 11.5 Å². The van der Waals surface area contributed by atoms with Crippen LogP contribution in [0.5, 0.6) is 5.75 Å². The molecule has 4 heterocycles. The number of hydrogen-bond donors (Lipinski definition) is 3. The number of nitrogens with one attached hydrogen (secondary N) is 2. The smallest absolute Gasteiger partial charge is 0.311 e. The van der Waals surface area contributed by atoms with Crippen molar-refractivity contribution in [2.75, 3.05) is 27.2 Å². The number of carbonyl (C=O) groups excluding carboxylic acids is 3. The monoisotopic (exact) mass is 540 g/mol. The summed E-state index contributed by atoms with van der Waals surface area (Å²) >= 11 is 0. The van der Waals surface area contributed by atoms with Crippen molar-refractivity contribution in [1.82, 2.24) is 30.0 Å². The van der Waals surface area contributed by atoms with Gasteiger partial charge in [0.2, 0.25) is 5.75 Å². The van der Waals surface area contributed by atoms with Crippen LogP contribution in [0.3, 0.4) is 0 Å². The van der Waals surface area contributed by atoms with E-state index in [1.165, 1.54) is 47.8 Å². The lowest BCUT2D eigenvalue weighted by molar-refractivity contribution is -0.145. The SMILES string of the molecule is CN(C)C(=O)C(=O)NC12CCC(N3CCCC3)(CC1)Cn1c2nc(C(=O)NCc2ccc(F)cc2)c(O)c1=O. The summed E-state index contributed by atoms with van der Waals surface area (Å²) in [5.41, 5.74) is -2.13.